The Kier molecular flexibility index (Phi) is 7.87. The van der Waals surface area contributed by atoms with Crippen molar-refractivity contribution in [3.05, 3.63) is 62.7 Å². The van der Waals surface area contributed by atoms with Gasteiger partial charge >= 0.3 is 18.2 Å². The summed E-state index contributed by atoms with van der Waals surface area (Å²) in [4.78, 5) is 35.2. The van der Waals surface area contributed by atoms with Gasteiger partial charge in [0.1, 0.15) is 30.3 Å². The van der Waals surface area contributed by atoms with Gasteiger partial charge in [0, 0.05) is 26.2 Å². The molecule has 0 aromatic heterocycles. The highest BCUT2D eigenvalue weighted by atomic mass is 35.5. The second-order valence-corrected chi connectivity index (χ2v) is 6.73. The molecule has 0 N–H and O–H groups in total. The maximum Gasteiger partial charge on any atom is 0.416 e. The molecule has 0 aliphatic rings. The van der Waals surface area contributed by atoms with Crippen molar-refractivity contribution < 1.29 is 41.9 Å². The fraction of sp³-hybridized carbons (Fsp3) is 0.263. The van der Waals surface area contributed by atoms with E-state index in [9.17, 15) is 32.9 Å². The molecule has 0 fully saturated rings. The zero-order chi connectivity index (χ0) is 24.1. The highest BCUT2D eigenvalue weighted by molar-refractivity contribution is 6.32. The standard InChI is InChI=1S/C19H16ClF3N2O7/c1-24(2)18(27)31-8-7-30-17(26)13-10-12(4-5-15(13)25(28)29)32-16-6-3-11(9-14(16)20)19(21,22)23/h3-6,9-10H,7-8H2,1-2H3. The van der Waals surface area contributed by atoms with Crippen LogP contribution in [0.15, 0.2) is 36.4 Å². The molecule has 0 saturated carbocycles. The van der Waals surface area contributed by atoms with E-state index in [0.29, 0.717) is 6.07 Å². The second kappa shape index (κ2) is 10.2. The SMILES string of the molecule is CN(C)C(=O)OCCOC(=O)c1cc(Oc2ccc(C(F)(F)F)cc2Cl)ccc1[N+](=O)[O-]. The summed E-state index contributed by atoms with van der Waals surface area (Å²) in [6, 6.07) is 5.48. The zero-order valence-corrected chi connectivity index (χ0v) is 17.4. The molecule has 0 spiro atoms. The summed E-state index contributed by atoms with van der Waals surface area (Å²) in [5.74, 6) is -1.37. The first kappa shape index (κ1) is 24.7. The Morgan fingerprint density at radius 1 is 1.09 bits per heavy atom. The molecule has 0 aliphatic carbocycles. The fourth-order valence-corrected chi connectivity index (χ4v) is 2.48. The van der Waals surface area contributed by atoms with Crippen LogP contribution in [0.3, 0.4) is 0 Å². The van der Waals surface area contributed by atoms with Crippen LogP contribution >= 0.6 is 11.6 Å². The van der Waals surface area contributed by atoms with E-state index >= 15 is 0 Å². The Morgan fingerprint density at radius 3 is 2.31 bits per heavy atom. The molecular formula is C19H16ClF3N2O7. The van der Waals surface area contributed by atoms with E-state index < -0.39 is 40.0 Å². The van der Waals surface area contributed by atoms with Crippen LogP contribution < -0.4 is 4.74 Å². The molecule has 2 aromatic carbocycles. The molecule has 1 amide bonds. The van der Waals surface area contributed by atoms with Gasteiger partial charge in [-0.15, -0.1) is 0 Å². The van der Waals surface area contributed by atoms with E-state index in [1.54, 1.807) is 0 Å². The summed E-state index contributed by atoms with van der Waals surface area (Å²) < 4.78 is 53.3. The van der Waals surface area contributed by atoms with Crippen LogP contribution in [0.25, 0.3) is 0 Å². The van der Waals surface area contributed by atoms with Crippen molar-refractivity contribution >= 4 is 29.4 Å². The van der Waals surface area contributed by atoms with Gasteiger partial charge in [-0.1, -0.05) is 11.6 Å². The molecule has 32 heavy (non-hydrogen) atoms. The normalized spacial score (nSPS) is 10.9. The lowest BCUT2D eigenvalue weighted by Gasteiger charge is -2.12. The molecule has 2 rings (SSSR count). The number of amides is 1. The molecule has 0 radical (unpaired) electrons. The van der Waals surface area contributed by atoms with Gasteiger partial charge in [-0.2, -0.15) is 13.2 Å². The number of benzene rings is 2. The van der Waals surface area contributed by atoms with Gasteiger partial charge in [0.25, 0.3) is 5.69 Å². The van der Waals surface area contributed by atoms with Crippen molar-refractivity contribution in [3.63, 3.8) is 0 Å². The lowest BCUT2D eigenvalue weighted by molar-refractivity contribution is -0.385. The minimum atomic E-state index is -4.60. The molecule has 0 atom stereocenters. The number of ether oxygens (including phenoxy) is 3. The van der Waals surface area contributed by atoms with Crippen LogP contribution in [-0.4, -0.2) is 49.2 Å². The first-order valence-electron chi connectivity index (χ1n) is 8.74. The Labute approximate surface area is 184 Å². The maximum absolute atomic E-state index is 12.8. The second-order valence-electron chi connectivity index (χ2n) is 6.33. The van der Waals surface area contributed by atoms with Crippen LogP contribution in [-0.2, 0) is 15.7 Å². The van der Waals surface area contributed by atoms with Crippen LogP contribution in [0.1, 0.15) is 15.9 Å². The third kappa shape index (κ3) is 6.48. The molecule has 9 nitrogen and oxygen atoms in total. The van der Waals surface area contributed by atoms with Gasteiger partial charge in [-0.05, 0) is 24.3 Å². The highest BCUT2D eigenvalue weighted by Gasteiger charge is 2.31. The Hall–Kier alpha value is -3.54. The van der Waals surface area contributed by atoms with Gasteiger partial charge in [0.05, 0.1) is 15.5 Å². The third-order valence-corrected chi connectivity index (χ3v) is 4.07. The quantitative estimate of drug-likeness (QED) is 0.241. The largest absolute Gasteiger partial charge is 0.458 e. The number of esters is 1. The number of carbonyl (C=O) groups is 2. The van der Waals surface area contributed by atoms with Crippen LogP contribution in [0.2, 0.25) is 5.02 Å². The van der Waals surface area contributed by atoms with E-state index in [1.807, 2.05) is 0 Å². The van der Waals surface area contributed by atoms with Gasteiger partial charge in [0.15, 0.2) is 0 Å². The van der Waals surface area contributed by atoms with E-state index in [-0.39, 0.29) is 29.7 Å². The molecule has 172 valence electrons. The molecule has 0 unspecified atom stereocenters. The summed E-state index contributed by atoms with van der Waals surface area (Å²) in [5.41, 5.74) is -2.06. The monoisotopic (exact) mass is 476 g/mol. The molecule has 0 bridgehead atoms. The first-order valence-corrected chi connectivity index (χ1v) is 9.12. The summed E-state index contributed by atoms with van der Waals surface area (Å²) in [6.45, 7) is -0.653. The Balaban J connectivity index is 2.18. The third-order valence-electron chi connectivity index (χ3n) is 3.78. The highest BCUT2D eigenvalue weighted by Crippen LogP contribution is 2.37. The fourth-order valence-electron chi connectivity index (χ4n) is 2.26. The minimum absolute atomic E-state index is 0.108. The van der Waals surface area contributed by atoms with Crippen LogP contribution in [0.4, 0.5) is 23.7 Å². The van der Waals surface area contributed by atoms with Crippen molar-refractivity contribution in [3.8, 4) is 11.5 Å². The zero-order valence-electron chi connectivity index (χ0n) is 16.6. The Bertz CT molecular complexity index is 1030. The summed E-state index contributed by atoms with van der Waals surface area (Å²) in [6.07, 6.45) is -5.27. The molecule has 13 heteroatoms. The van der Waals surface area contributed by atoms with Crippen molar-refractivity contribution in [1.82, 2.24) is 4.90 Å². The number of carbonyl (C=O) groups excluding carboxylic acids is 2. The van der Waals surface area contributed by atoms with Crippen molar-refractivity contribution in [1.29, 1.82) is 0 Å². The van der Waals surface area contributed by atoms with E-state index in [4.69, 9.17) is 25.8 Å². The smallest absolute Gasteiger partial charge is 0.416 e. The number of halogens is 4. The van der Waals surface area contributed by atoms with E-state index in [0.717, 1.165) is 35.2 Å². The predicted molar refractivity (Wildman–Crippen MR) is 105 cm³/mol. The molecule has 0 saturated heterocycles. The minimum Gasteiger partial charge on any atom is -0.458 e. The lowest BCUT2D eigenvalue weighted by atomic mass is 10.1. The van der Waals surface area contributed by atoms with Gasteiger partial charge in [-0.25, -0.2) is 9.59 Å². The van der Waals surface area contributed by atoms with Crippen molar-refractivity contribution in [2.75, 3.05) is 27.3 Å². The lowest BCUT2D eigenvalue weighted by Crippen LogP contribution is -2.24. The number of nitro groups is 1. The predicted octanol–water partition coefficient (Wildman–Crippen LogP) is 4.91. The van der Waals surface area contributed by atoms with Gasteiger partial charge in [0.2, 0.25) is 0 Å². The van der Waals surface area contributed by atoms with E-state index in [1.165, 1.54) is 14.1 Å². The van der Waals surface area contributed by atoms with Gasteiger partial charge in [-0.3, -0.25) is 10.1 Å². The average molecular weight is 477 g/mol. The van der Waals surface area contributed by atoms with Gasteiger partial charge < -0.3 is 19.1 Å². The number of nitrogens with zero attached hydrogens (tertiary/aromatic N) is 2. The number of hydrogen-bond donors (Lipinski definition) is 0. The molecule has 0 heterocycles. The van der Waals surface area contributed by atoms with Crippen molar-refractivity contribution in [2.45, 2.75) is 6.18 Å². The Morgan fingerprint density at radius 2 is 1.75 bits per heavy atom. The first-order chi connectivity index (χ1) is 14.9. The number of rotatable bonds is 7. The van der Waals surface area contributed by atoms with Crippen LogP contribution in [0, 0.1) is 10.1 Å². The van der Waals surface area contributed by atoms with E-state index in [2.05, 4.69) is 0 Å². The van der Waals surface area contributed by atoms with Crippen molar-refractivity contribution in [2.24, 2.45) is 0 Å². The summed E-state index contributed by atoms with van der Waals surface area (Å²) in [7, 11) is 2.90. The number of nitro benzene ring substituents is 1. The summed E-state index contributed by atoms with van der Waals surface area (Å²) >= 11 is 5.83. The molecule has 0 aliphatic heterocycles. The maximum atomic E-state index is 12.8. The molecular weight excluding hydrogens is 461 g/mol. The topological polar surface area (TPSA) is 108 Å². The average Bonchev–Trinajstić information content (AvgIpc) is 2.71. The van der Waals surface area contributed by atoms with Crippen LogP contribution in [0.5, 0.6) is 11.5 Å². The number of alkyl halides is 3. The summed E-state index contributed by atoms with van der Waals surface area (Å²) in [5, 5.41) is 10.9. The number of hydrogen-bond acceptors (Lipinski definition) is 7. The molecule has 2 aromatic rings.